The van der Waals surface area contributed by atoms with E-state index in [0.29, 0.717) is 6.04 Å². The molecule has 3 aromatic rings. The van der Waals surface area contributed by atoms with Crippen LogP contribution in [0.1, 0.15) is 31.7 Å². The van der Waals surface area contributed by atoms with Crippen LogP contribution in [0.5, 0.6) is 0 Å². The number of carbonyl (C=O) groups is 1. The average Bonchev–Trinajstić information content (AvgIpc) is 3.01. The van der Waals surface area contributed by atoms with E-state index in [2.05, 4.69) is 16.3 Å². The molecule has 2 saturated carbocycles. The van der Waals surface area contributed by atoms with Gasteiger partial charge in [-0.3, -0.25) is 14.5 Å². The normalized spacial score (nSPS) is 27.8. The highest BCUT2D eigenvalue weighted by Gasteiger charge is 2.57. The fourth-order valence-corrected chi connectivity index (χ4v) is 4.43. The summed E-state index contributed by atoms with van der Waals surface area (Å²) in [5.74, 6) is -0.118. The second kappa shape index (κ2) is 5.12. The van der Waals surface area contributed by atoms with Gasteiger partial charge in [0, 0.05) is 17.7 Å². The number of aromatic nitrogens is 4. The van der Waals surface area contributed by atoms with Gasteiger partial charge in [0.15, 0.2) is 0 Å². The first-order valence-corrected chi connectivity index (χ1v) is 8.70. The van der Waals surface area contributed by atoms with Crippen molar-refractivity contribution in [2.45, 2.75) is 31.7 Å². The van der Waals surface area contributed by atoms with E-state index in [4.69, 9.17) is 10.7 Å². The molecule has 1 unspecified atom stereocenters. The van der Waals surface area contributed by atoms with E-state index < -0.39 is 0 Å². The molecule has 0 saturated heterocycles. The first kappa shape index (κ1) is 14.6. The number of nitrogens with two attached hydrogens (primary N) is 1. The molecule has 2 aromatic heterocycles. The first-order chi connectivity index (χ1) is 12.1. The highest BCUT2D eigenvalue weighted by Crippen LogP contribution is 2.64. The molecule has 2 heterocycles. The molecule has 0 bridgehead atoms. The monoisotopic (exact) mass is 333 g/mol. The number of nitrogens with zero attached hydrogens (tertiary/aromatic N) is 4. The molecular weight excluding hydrogens is 314 g/mol. The zero-order chi connectivity index (χ0) is 17.0. The van der Waals surface area contributed by atoms with Crippen molar-refractivity contribution in [1.82, 2.24) is 19.7 Å². The number of primary amides is 1. The predicted molar refractivity (Wildman–Crippen MR) is 93.4 cm³/mol. The highest BCUT2D eigenvalue weighted by atomic mass is 16.1. The largest absolute Gasteiger partial charge is 0.369 e. The summed E-state index contributed by atoms with van der Waals surface area (Å²) in [7, 11) is 0. The third kappa shape index (κ3) is 2.17. The Kier molecular flexibility index (Phi) is 2.98. The smallest absolute Gasteiger partial charge is 0.220 e. The van der Waals surface area contributed by atoms with Crippen LogP contribution in [0.4, 0.5) is 0 Å². The Morgan fingerprint density at radius 2 is 2.00 bits per heavy atom. The van der Waals surface area contributed by atoms with Crippen LogP contribution in [-0.2, 0) is 4.79 Å². The van der Waals surface area contributed by atoms with Crippen LogP contribution in [-0.4, -0.2) is 25.7 Å². The minimum atomic E-state index is -0.163. The van der Waals surface area contributed by atoms with Crippen LogP contribution in [0.2, 0.25) is 0 Å². The van der Waals surface area contributed by atoms with E-state index >= 15 is 0 Å². The van der Waals surface area contributed by atoms with E-state index in [9.17, 15) is 4.79 Å². The number of fused-ring (bicyclic) bond motifs is 1. The fraction of sp³-hybridized carbons (Fsp3) is 0.368. The number of benzene rings is 1. The average molecular weight is 333 g/mol. The van der Waals surface area contributed by atoms with E-state index in [1.807, 2.05) is 35.1 Å². The molecule has 5 rings (SSSR count). The van der Waals surface area contributed by atoms with Gasteiger partial charge < -0.3 is 5.73 Å². The van der Waals surface area contributed by atoms with E-state index in [-0.39, 0.29) is 17.2 Å². The van der Waals surface area contributed by atoms with Crippen molar-refractivity contribution in [1.29, 1.82) is 0 Å². The summed E-state index contributed by atoms with van der Waals surface area (Å²) in [6.07, 6.45) is 9.78. The zero-order valence-electron chi connectivity index (χ0n) is 13.8. The summed E-state index contributed by atoms with van der Waals surface area (Å²) in [6.45, 7) is 0. The molecule has 2 aliphatic carbocycles. The van der Waals surface area contributed by atoms with Gasteiger partial charge in [-0.25, -0.2) is 4.98 Å². The molecular formula is C19H19N5O. The Bertz CT molecular complexity index is 973. The lowest BCUT2D eigenvalue weighted by atomic mass is 9.49. The third-order valence-corrected chi connectivity index (χ3v) is 6.00. The highest BCUT2D eigenvalue weighted by molar-refractivity contribution is 5.78. The van der Waals surface area contributed by atoms with Gasteiger partial charge in [0.2, 0.25) is 5.91 Å². The van der Waals surface area contributed by atoms with Crippen LogP contribution in [0.3, 0.4) is 0 Å². The lowest BCUT2D eigenvalue weighted by molar-refractivity contribution is -0.140. The maximum atomic E-state index is 11.3. The summed E-state index contributed by atoms with van der Waals surface area (Å²) in [5.41, 5.74) is 9.24. The van der Waals surface area contributed by atoms with E-state index in [1.54, 1.807) is 6.20 Å². The minimum absolute atomic E-state index is 0.0455. The minimum Gasteiger partial charge on any atom is -0.369 e. The molecule has 1 aromatic carbocycles. The molecule has 126 valence electrons. The quantitative estimate of drug-likeness (QED) is 0.798. The standard InChI is InChI=1S/C19H19N5O/c20-18(25)12-7-19(8-12)6-5-17(19)24-11-13(9-22-24)16-10-21-14-3-1-2-4-15(14)23-16/h1-4,9-12,17H,5-8H2,(H2,20,25). The lowest BCUT2D eigenvalue weighted by Gasteiger charge is -2.58. The molecule has 0 aliphatic heterocycles. The Morgan fingerprint density at radius 1 is 1.20 bits per heavy atom. The first-order valence-electron chi connectivity index (χ1n) is 8.70. The summed E-state index contributed by atoms with van der Waals surface area (Å²) in [5, 5.41) is 4.57. The molecule has 1 spiro atoms. The van der Waals surface area contributed by atoms with Gasteiger partial charge in [0.1, 0.15) is 0 Å². The molecule has 25 heavy (non-hydrogen) atoms. The predicted octanol–water partition coefficient (Wildman–Crippen LogP) is 2.71. The van der Waals surface area contributed by atoms with Crippen LogP contribution in [0.15, 0.2) is 42.9 Å². The van der Waals surface area contributed by atoms with Crippen molar-refractivity contribution >= 4 is 16.9 Å². The van der Waals surface area contributed by atoms with Crippen LogP contribution < -0.4 is 5.73 Å². The van der Waals surface area contributed by atoms with Crippen LogP contribution in [0, 0.1) is 11.3 Å². The van der Waals surface area contributed by atoms with Crippen molar-refractivity contribution in [3.63, 3.8) is 0 Å². The maximum absolute atomic E-state index is 11.3. The van der Waals surface area contributed by atoms with Gasteiger partial charge in [-0.15, -0.1) is 0 Å². The van der Waals surface area contributed by atoms with Crippen LogP contribution in [0.25, 0.3) is 22.3 Å². The number of amides is 1. The Labute approximate surface area is 145 Å². The van der Waals surface area contributed by atoms with Crippen molar-refractivity contribution in [3.05, 3.63) is 42.9 Å². The van der Waals surface area contributed by atoms with Crippen molar-refractivity contribution in [2.24, 2.45) is 17.1 Å². The van der Waals surface area contributed by atoms with Gasteiger partial charge in [-0.2, -0.15) is 5.10 Å². The molecule has 0 radical (unpaired) electrons. The Morgan fingerprint density at radius 3 is 2.72 bits per heavy atom. The lowest BCUT2D eigenvalue weighted by Crippen LogP contribution is -2.54. The molecule has 2 fully saturated rings. The summed E-state index contributed by atoms with van der Waals surface area (Å²) >= 11 is 0. The van der Waals surface area contributed by atoms with E-state index in [1.165, 1.54) is 0 Å². The molecule has 6 nitrogen and oxygen atoms in total. The zero-order valence-corrected chi connectivity index (χ0v) is 13.8. The fourth-order valence-electron chi connectivity index (χ4n) is 4.43. The number of rotatable bonds is 3. The summed E-state index contributed by atoms with van der Waals surface area (Å²) in [4.78, 5) is 20.5. The second-order valence-electron chi connectivity index (χ2n) is 7.38. The van der Waals surface area contributed by atoms with E-state index in [0.717, 1.165) is 48.0 Å². The number of carbonyl (C=O) groups excluding carboxylic acids is 1. The number of hydrogen-bond donors (Lipinski definition) is 1. The van der Waals surface area contributed by atoms with Gasteiger partial charge in [-0.05, 0) is 43.2 Å². The van der Waals surface area contributed by atoms with Gasteiger partial charge >= 0.3 is 0 Å². The summed E-state index contributed by atoms with van der Waals surface area (Å²) in [6, 6.07) is 8.22. The molecule has 2 aliphatic rings. The maximum Gasteiger partial charge on any atom is 0.220 e. The van der Waals surface area contributed by atoms with Gasteiger partial charge in [0.25, 0.3) is 0 Å². The Balaban J connectivity index is 1.41. The third-order valence-electron chi connectivity index (χ3n) is 6.00. The van der Waals surface area contributed by atoms with Crippen molar-refractivity contribution in [2.75, 3.05) is 0 Å². The Hall–Kier alpha value is -2.76. The number of hydrogen-bond acceptors (Lipinski definition) is 4. The topological polar surface area (TPSA) is 86.7 Å². The van der Waals surface area contributed by atoms with Crippen molar-refractivity contribution < 1.29 is 4.79 Å². The SMILES string of the molecule is NC(=O)C1CC2(CCC2n2cc(-c3cnc4ccccc4n3)cn2)C1. The van der Waals surface area contributed by atoms with Crippen LogP contribution >= 0.6 is 0 Å². The van der Waals surface area contributed by atoms with Crippen molar-refractivity contribution in [3.8, 4) is 11.3 Å². The van der Waals surface area contributed by atoms with Gasteiger partial charge in [0.05, 0.1) is 35.2 Å². The second-order valence-corrected chi connectivity index (χ2v) is 7.38. The molecule has 2 N–H and O–H groups in total. The van der Waals surface area contributed by atoms with Gasteiger partial charge in [-0.1, -0.05) is 12.1 Å². The molecule has 1 amide bonds. The summed E-state index contributed by atoms with van der Waals surface area (Å²) < 4.78 is 2.05. The molecule has 1 atom stereocenters. The molecule has 6 heteroatoms. The number of para-hydroxylation sites is 2.